The molecule has 10 nitrogen and oxygen atoms in total. The maximum absolute atomic E-state index is 11.0. The molecule has 1 aromatic heterocycles. The van der Waals surface area contributed by atoms with Crippen LogP contribution in [0.2, 0.25) is 0 Å². The Bertz CT molecular complexity index is 879. The van der Waals surface area contributed by atoms with E-state index in [1.165, 1.54) is 43.7 Å². The molecule has 0 unspecified atom stereocenters. The van der Waals surface area contributed by atoms with E-state index in [1.807, 2.05) is 0 Å². The Morgan fingerprint density at radius 3 is 2.63 bits per heavy atom. The second-order valence-corrected chi connectivity index (χ2v) is 6.54. The van der Waals surface area contributed by atoms with Gasteiger partial charge >= 0.3 is 12.0 Å². The summed E-state index contributed by atoms with van der Waals surface area (Å²) in [6.45, 7) is 2.82. The lowest BCUT2D eigenvalue weighted by atomic mass is 10.1. The summed E-state index contributed by atoms with van der Waals surface area (Å²) in [4.78, 5) is 20.6. The SMILES string of the molecule is CCCCCCc1ccc(O)cc1O.O=C1OCCN1N=Cc1ccc([N+](=O)[O-])o1. The number of rotatable bonds is 8. The number of carbonyl (C=O) groups is 1. The minimum atomic E-state index is -0.651. The number of amides is 1. The molecule has 1 saturated heterocycles. The molecule has 1 aliphatic heterocycles. The summed E-state index contributed by atoms with van der Waals surface area (Å²) in [5.41, 5.74) is 0.930. The van der Waals surface area contributed by atoms with E-state index in [0.717, 1.165) is 23.4 Å². The highest BCUT2D eigenvalue weighted by Crippen LogP contribution is 2.24. The zero-order valence-corrected chi connectivity index (χ0v) is 16.7. The van der Waals surface area contributed by atoms with Crippen LogP contribution < -0.4 is 0 Å². The molecule has 1 aromatic carbocycles. The van der Waals surface area contributed by atoms with Crippen LogP contribution in [0.25, 0.3) is 0 Å². The fourth-order valence-electron chi connectivity index (χ4n) is 2.63. The molecule has 0 bridgehead atoms. The van der Waals surface area contributed by atoms with Crippen LogP contribution in [0.4, 0.5) is 10.7 Å². The first-order valence-electron chi connectivity index (χ1n) is 9.64. The predicted molar refractivity (Wildman–Crippen MR) is 109 cm³/mol. The van der Waals surface area contributed by atoms with E-state index in [9.17, 15) is 20.0 Å². The largest absolute Gasteiger partial charge is 0.508 e. The predicted octanol–water partition coefficient (Wildman–Crippen LogP) is 4.19. The summed E-state index contributed by atoms with van der Waals surface area (Å²) in [7, 11) is 0. The van der Waals surface area contributed by atoms with Crippen LogP contribution in [-0.2, 0) is 11.2 Å². The molecular weight excluding hydrogens is 394 g/mol. The van der Waals surface area contributed by atoms with E-state index >= 15 is 0 Å². The first-order valence-corrected chi connectivity index (χ1v) is 9.64. The molecule has 2 heterocycles. The van der Waals surface area contributed by atoms with Gasteiger partial charge in [-0.15, -0.1) is 0 Å². The monoisotopic (exact) mass is 419 g/mol. The number of hydrogen-bond donors (Lipinski definition) is 2. The van der Waals surface area contributed by atoms with Crippen molar-refractivity contribution in [2.75, 3.05) is 13.2 Å². The Kier molecular flexibility index (Phi) is 8.67. The third-order valence-corrected chi connectivity index (χ3v) is 4.22. The number of hydrazone groups is 1. The quantitative estimate of drug-likeness (QED) is 0.283. The molecule has 0 saturated carbocycles. The van der Waals surface area contributed by atoms with Crippen molar-refractivity contribution in [1.82, 2.24) is 5.01 Å². The van der Waals surface area contributed by atoms with Crippen LogP contribution >= 0.6 is 0 Å². The smallest absolute Gasteiger partial charge is 0.433 e. The summed E-state index contributed by atoms with van der Waals surface area (Å²) in [5.74, 6) is 0.165. The number of phenolic OH excluding ortho intramolecular Hbond substituents is 2. The number of carbonyl (C=O) groups excluding carboxylic acids is 1. The fraction of sp³-hybridized carbons (Fsp3) is 0.400. The van der Waals surface area contributed by atoms with Gasteiger partial charge in [0, 0.05) is 6.07 Å². The van der Waals surface area contributed by atoms with Gasteiger partial charge in [0.25, 0.3) is 0 Å². The molecule has 2 N–H and O–H groups in total. The number of benzene rings is 1. The highest BCUT2D eigenvalue weighted by Gasteiger charge is 2.21. The molecule has 2 aromatic rings. The standard InChI is InChI=1S/C12H18O2.C8H7N3O5/c1-2-3-4-5-6-10-7-8-11(13)9-12(10)14;12-8-10(3-4-15-8)9-5-6-1-2-7(16-6)11(13)14/h7-9,13-14H,2-6H2,1H3;1-2,5H,3-4H2. The van der Waals surface area contributed by atoms with E-state index in [2.05, 4.69) is 16.8 Å². The van der Waals surface area contributed by atoms with Crippen LogP contribution in [0.5, 0.6) is 11.5 Å². The minimum absolute atomic E-state index is 0.125. The van der Waals surface area contributed by atoms with Gasteiger partial charge in [-0.05, 0) is 30.5 Å². The van der Waals surface area contributed by atoms with Crippen molar-refractivity contribution in [3.8, 4) is 11.5 Å². The number of nitrogens with zero attached hydrogens (tertiary/aromatic N) is 3. The Balaban J connectivity index is 0.000000216. The molecule has 10 heteroatoms. The first kappa shape index (κ1) is 22.7. The van der Waals surface area contributed by atoms with Crippen LogP contribution in [-0.4, -0.2) is 45.6 Å². The number of aryl methyl sites for hydroxylation is 1. The summed E-state index contributed by atoms with van der Waals surface area (Å²) in [6.07, 6.45) is 6.35. The number of furan rings is 1. The van der Waals surface area contributed by atoms with E-state index in [4.69, 9.17) is 9.52 Å². The van der Waals surface area contributed by atoms with Crippen molar-refractivity contribution in [3.63, 3.8) is 0 Å². The summed E-state index contributed by atoms with van der Waals surface area (Å²) in [5, 5.41) is 33.8. The number of hydrogen-bond acceptors (Lipinski definition) is 8. The maximum Gasteiger partial charge on any atom is 0.433 e. The summed E-state index contributed by atoms with van der Waals surface area (Å²) in [6, 6.07) is 7.41. The number of ether oxygens (including phenoxy) is 1. The van der Waals surface area contributed by atoms with Gasteiger partial charge in [-0.25, -0.2) is 4.79 Å². The molecule has 3 rings (SSSR count). The highest BCUT2D eigenvalue weighted by atomic mass is 16.6. The number of phenols is 2. The Hall–Kier alpha value is -3.56. The van der Waals surface area contributed by atoms with Gasteiger partial charge in [0.1, 0.15) is 23.0 Å². The van der Waals surface area contributed by atoms with Crippen molar-refractivity contribution in [3.05, 3.63) is 51.8 Å². The van der Waals surface area contributed by atoms with Gasteiger partial charge < -0.3 is 19.4 Å². The van der Waals surface area contributed by atoms with Gasteiger partial charge in [0.05, 0.1) is 18.8 Å². The normalized spacial score (nSPS) is 13.2. The van der Waals surface area contributed by atoms with Gasteiger partial charge in [-0.2, -0.15) is 10.1 Å². The second kappa shape index (κ2) is 11.4. The maximum atomic E-state index is 11.0. The van der Waals surface area contributed by atoms with Gasteiger partial charge in [-0.1, -0.05) is 32.3 Å². The van der Waals surface area contributed by atoms with Crippen LogP contribution in [0.1, 0.15) is 43.9 Å². The lowest BCUT2D eigenvalue weighted by molar-refractivity contribution is -0.402. The lowest BCUT2D eigenvalue weighted by Gasteiger charge is -2.04. The molecule has 0 atom stereocenters. The second-order valence-electron chi connectivity index (χ2n) is 6.54. The highest BCUT2D eigenvalue weighted by molar-refractivity contribution is 5.78. The number of nitro groups is 1. The Labute approximate surface area is 173 Å². The van der Waals surface area contributed by atoms with Crippen LogP contribution in [0.3, 0.4) is 0 Å². The molecule has 1 aliphatic rings. The zero-order valence-electron chi connectivity index (χ0n) is 16.7. The van der Waals surface area contributed by atoms with Gasteiger partial charge in [0.15, 0.2) is 5.76 Å². The van der Waals surface area contributed by atoms with Gasteiger partial charge in [-0.3, -0.25) is 10.1 Å². The molecular formula is C20H25N3O7. The van der Waals surface area contributed by atoms with Crippen molar-refractivity contribution in [2.45, 2.75) is 39.0 Å². The van der Waals surface area contributed by atoms with Crippen molar-refractivity contribution >= 4 is 18.2 Å². The van der Waals surface area contributed by atoms with Crippen LogP contribution in [0, 0.1) is 10.1 Å². The number of cyclic esters (lactones) is 1. The first-order chi connectivity index (χ1) is 14.4. The average Bonchev–Trinajstić information content (AvgIpc) is 3.34. The molecule has 1 amide bonds. The third kappa shape index (κ3) is 7.12. The Morgan fingerprint density at radius 2 is 2.03 bits per heavy atom. The topological polar surface area (TPSA) is 139 Å². The van der Waals surface area contributed by atoms with E-state index in [0.29, 0.717) is 6.54 Å². The zero-order chi connectivity index (χ0) is 21.9. The molecule has 30 heavy (non-hydrogen) atoms. The molecule has 1 fully saturated rings. The van der Waals surface area contributed by atoms with Gasteiger partial charge in [0.2, 0.25) is 0 Å². The summed E-state index contributed by atoms with van der Waals surface area (Å²) < 4.78 is 9.44. The van der Waals surface area contributed by atoms with E-state index in [-0.39, 0.29) is 29.8 Å². The van der Waals surface area contributed by atoms with Crippen LogP contribution in [0.15, 0.2) is 39.9 Å². The fourth-order valence-corrected chi connectivity index (χ4v) is 2.63. The third-order valence-electron chi connectivity index (χ3n) is 4.22. The summed E-state index contributed by atoms with van der Waals surface area (Å²) >= 11 is 0. The average molecular weight is 419 g/mol. The van der Waals surface area contributed by atoms with Crippen molar-refractivity contribution < 1.29 is 29.1 Å². The number of aromatic hydroxyl groups is 2. The Morgan fingerprint density at radius 1 is 1.23 bits per heavy atom. The molecule has 0 radical (unpaired) electrons. The molecule has 0 spiro atoms. The van der Waals surface area contributed by atoms with Crippen molar-refractivity contribution in [2.24, 2.45) is 5.10 Å². The lowest BCUT2D eigenvalue weighted by Crippen LogP contribution is -2.17. The number of unbranched alkanes of at least 4 members (excludes halogenated alkanes) is 3. The molecule has 162 valence electrons. The van der Waals surface area contributed by atoms with E-state index in [1.54, 1.807) is 12.1 Å². The molecule has 0 aliphatic carbocycles. The van der Waals surface area contributed by atoms with Crippen molar-refractivity contribution in [1.29, 1.82) is 0 Å². The van der Waals surface area contributed by atoms with E-state index < -0.39 is 11.0 Å². The minimum Gasteiger partial charge on any atom is -0.508 e.